The second-order valence-corrected chi connectivity index (χ2v) is 7.99. The Hall–Kier alpha value is -2.63. The summed E-state index contributed by atoms with van der Waals surface area (Å²) in [5.74, 6) is 0.851. The zero-order chi connectivity index (χ0) is 20.2. The van der Waals surface area contributed by atoms with Gasteiger partial charge in [0, 0.05) is 18.7 Å². The third-order valence-electron chi connectivity index (χ3n) is 5.69. The molecule has 1 aromatic heterocycles. The average Bonchev–Trinajstić information content (AvgIpc) is 3.52. The predicted octanol–water partition coefficient (Wildman–Crippen LogP) is 3.69. The summed E-state index contributed by atoms with van der Waals surface area (Å²) in [6.07, 6.45) is 6.37. The molecule has 0 N–H and O–H groups in total. The van der Waals surface area contributed by atoms with Gasteiger partial charge in [0.15, 0.2) is 0 Å². The molecule has 1 amide bonds. The SMILES string of the molecule is CCOC(=O)CN(CC1CC1)C(=O)c1nc(-c2ccccc2)n2c1CCCCC2. The lowest BCUT2D eigenvalue weighted by molar-refractivity contribution is -0.143. The molecule has 6 nitrogen and oxygen atoms in total. The number of hydrogen-bond acceptors (Lipinski definition) is 4. The lowest BCUT2D eigenvalue weighted by Crippen LogP contribution is -2.38. The molecule has 1 saturated carbocycles. The summed E-state index contributed by atoms with van der Waals surface area (Å²) in [6, 6.07) is 10.0. The standard InChI is InChI=1S/C23H29N3O3/c1-2-29-20(27)16-25(15-17-12-13-17)23(28)21-19-11-7-4-8-14-26(19)22(24-21)18-9-5-3-6-10-18/h3,5-6,9-10,17H,2,4,7-8,11-16H2,1H3. The Bertz CT molecular complexity index is 871. The molecule has 0 unspecified atom stereocenters. The summed E-state index contributed by atoms with van der Waals surface area (Å²) >= 11 is 0. The van der Waals surface area contributed by atoms with Crippen LogP contribution in [0.3, 0.4) is 0 Å². The largest absolute Gasteiger partial charge is 0.465 e. The van der Waals surface area contributed by atoms with E-state index in [2.05, 4.69) is 4.57 Å². The van der Waals surface area contributed by atoms with Crippen LogP contribution in [0.4, 0.5) is 0 Å². The molecule has 2 aliphatic rings. The molecular weight excluding hydrogens is 366 g/mol. The van der Waals surface area contributed by atoms with Crippen molar-refractivity contribution in [2.75, 3.05) is 19.7 Å². The van der Waals surface area contributed by atoms with Gasteiger partial charge in [-0.3, -0.25) is 9.59 Å². The first-order valence-corrected chi connectivity index (χ1v) is 10.8. The number of fused-ring (bicyclic) bond motifs is 1. The number of carbonyl (C=O) groups is 2. The fourth-order valence-electron chi connectivity index (χ4n) is 4.04. The van der Waals surface area contributed by atoms with Crippen LogP contribution in [0.5, 0.6) is 0 Å². The Labute approximate surface area is 171 Å². The van der Waals surface area contributed by atoms with E-state index in [9.17, 15) is 9.59 Å². The monoisotopic (exact) mass is 395 g/mol. The van der Waals surface area contributed by atoms with Gasteiger partial charge in [0.2, 0.25) is 0 Å². The summed E-state index contributed by atoms with van der Waals surface area (Å²) < 4.78 is 7.33. The highest BCUT2D eigenvalue weighted by Crippen LogP contribution is 2.32. The Morgan fingerprint density at radius 3 is 2.69 bits per heavy atom. The van der Waals surface area contributed by atoms with E-state index in [1.54, 1.807) is 11.8 Å². The minimum Gasteiger partial charge on any atom is -0.465 e. The van der Waals surface area contributed by atoms with E-state index in [4.69, 9.17) is 9.72 Å². The van der Waals surface area contributed by atoms with Crippen LogP contribution in [0, 0.1) is 5.92 Å². The van der Waals surface area contributed by atoms with Crippen molar-refractivity contribution in [3.8, 4) is 11.4 Å². The second kappa shape index (κ2) is 8.80. The summed E-state index contributed by atoms with van der Waals surface area (Å²) in [5.41, 5.74) is 2.54. The van der Waals surface area contributed by atoms with Gasteiger partial charge in [0.05, 0.1) is 12.3 Å². The minimum absolute atomic E-state index is 0.00383. The van der Waals surface area contributed by atoms with Crippen LogP contribution in [0.15, 0.2) is 30.3 Å². The van der Waals surface area contributed by atoms with Crippen LogP contribution in [0.25, 0.3) is 11.4 Å². The number of amides is 1. The minimum atomic E-state index is -0.352. The molecule has 0 spiro atoms. The normalized spacial score (nSPS) is 16.0. The molecule has 0 radical (unpaired) electrons. The highest BCUT2D eigenvalue weighted by molar-refractivity contribution is 5.96. The van der Waals surface area contributed by atoms with Gasteiger partial charge in [-0.05, 0) is 44.9 Å². The highest BCUT2D eigenvalue weighted by atomic mass is 16.5. The van der Waals surface area contributed by atoms with Gasteiger partial charge in [-0.15, -0.1) is 0 Å². The molecule has 154 valence electrons. The Morgan fingerprint density at radius 2 is 1.97 bits per heavy atom. The number of hydrogen-bond donors (Lipinski definition) is 0. The van der Waals surface area contributed by atoms with Crippen molar-refractivity contribution in [2.45, 2.75) is 52.0 Å². The fraction of sp³-hybridized carbons (Fsp3) is 0.522. The Balaban J connectivity index is 1.69. The second-order valence-electron chi connectivity index (χ2n) is 7.99. The van der Waals surface area contributed by atoms with Crippen molar-refractivity contribution in [2.24, 2.45) is 5.92 Å². The van der Waals surface area contributed by atoms with E-state index < -0.39 is 0 Å². The Kier molecular flexibility index (Phi) is 5.97. The average molecular weight is 396 g/mol. The molecule has 1 aliphatic carbocycles. The zero-order valence-corrected chi connectivity index (χ0v) is 17.1. The molecule has 2 aromatic rings. The lowest BCUT2D eigenvalue weighted by atomic mass is 10.1. The maximum absolute atomic E-state index is 13.5. The molecule has 4 rings (SSSR count). The molecule has 1 aliphatic heterocycles. The van der Waals surface area contributed by atoms with Gasteiger partial charge < -0.3 is 14.2 Å². The highest BCUT2D eigenvalue weighted by Gasteiger charge is 2.32. The summed E-state index contributed by atoms with van der Waals surface area (Å²) in [6.45, 7) is 3.58. The van der Waals surface area contributed by atoms with Gasteiger partial charge in [0.25, 0.3) is 5.91 Å². The smallest absolute Gasteiger partial charge is 0.325 e. The first-order chi connectivity index (χ1) is 14.2. The fourth-order valence-corrected chi connectivity index (χ4v) is 4.04. The van der Waals surface area contributed by atoms with Crippen molar-refractivity contribution in [1.29, 1.82) is 0 Å². The van der Waals surface area contributed by atoms with E-state index in [1.807, 2.05) is 30.3 Å². The number of imidazole rings is 1. The molecule has 0 saturated heterocycles. The molecule has 0 bridgehead atoms. The van der Waals surface area contributed by atoms with Crippen molar-refractivity contribution in [3.05, 3.63) is 41.7 Å². The number of benzene rings is 1. The summed E-state index contributed by atoms with van der Waals surface area (Å²) in [7, 11) is 0. The van der Waals surface area contributed by atoms with Crippen molar-refractivity contribution in [1.82, 2.24) is 14.5 Å². The van der Waals surface area contributed by atoms with Gasteiger partial charge in [-0.1, -0.05) is 36.8 Å². The molecule has 2 heterocycles. The van der Waals surface area contributed by atoms with E-state index in [0.29, 0.717) is 24.8 Å². The van der Waals surface area contributed by atoms with Gasteiger partial charge in [0.1, 0.15) is 18.1 Å². The number of esters is 1. The van der Waals surface area contributed by atoms with Crippen molar-refractivity contribution in [3.63, 3.8) is 0 Å². The number of nitrogens with zero attached hydrogens (tertiary/aromatic N) is 3. The molecular formula is C23H29N3O3. The van der Waals surface area contributed by atoms with E-state index in [0.717, 1.165) is 62.2 Å². The van der Waals surface area contributed by atoms with E-state index in [-0.39, 0.29) is 18.4 Å². The van der Waals surface area contributed by atoms with Gasteiger partial charge in [-0.2, -0.15) is 0 Å². The van der Waals surface area contributed by atoms with Crippen molar-refractivity contribution >= 4 is 11.9 Å². The van der Waals surface area contributed by atoms with Crippen LogP contribution < -0.4 is 0 Å². The molecule has 29 heavy (non-hydrogen) atoms. The van der Waals surface area contributed by atoms with Crippen LogP contribution >= 0.6 is 0 Å². The Morgan fingerprint density at radius 1 is 1.17 bits per heavy atom. The predicted molar refractivity (Wildman–Crippen MR) is 110 cm³/mol. The van der Waals surface area contributed by atoms with Gasteiger partial charge in [-0.25, -0.2) is 4.98 Å². The van der Waals surface area contributed by atoms with Crippen LogP contribution in [-0.4, -0.2) is 46.0 Å². The quantitative estimate of drug-likeness (QED) is 0.671. The maximum Gasteiger partial charge on any atom is 0.325 e. The number of carbonyl (C=O) groups excluding carboxylic acids is 2. The first-order valence-electron chi connectivity index (χ1n) is 10.8. The topological polar surface area (TPSA) is 64.4 Å². The maximum atomic E-state index is 13.5. The van der Waals surface area contributed by atoms with Gasteiger partial charge >= 0.3 is 5.97 Å². The zero-order valence-electron chi connectivity index (χ0n) is 17.1. The van der Waals surface area contributed by atoms with E-state index >= 15 is 0 Å². The molecule has 1 fully saturated rings. The molecule has 6 heteroatoms. The van der Waals surface area contributed by atoms with Crippen molar-refractivity contribution < 1.29 is 14.3 Å². The summed E-state index contributed by atoms with van der Waals surface area (Å²) in [5, 5.41) is 0. The van der Waals surface area contributed by atoms with E-state index in [1.165, 1.54) is 0 Å². The lowest BCUT2D eigenvalue weighted by Gasteiger charge is -2.21. The summed E-state index contributed by atoms with van der Waals surface area (Å²) in [4.78, 5) is 32.1. The van der Waals surface area contributed by atoms with Crippen LogP contribution in [0.1, 0.15) is 55.2 Å². The molecule has 1 aromatic carbocycles. The third-order valence-corrected chi connectivity index (χ3v) is 5.69. The number of rotatable bonds is 7. The number of aromatic nitrogens is 2. The molecule has 0 atom stereocenters. The first kappa shape index (κ1) is 19.7. The number of ether oxygens (including phenoxy) is 1. The van der Waals surface area contributed by atoms with Crippen LogP contribution in [0.2, 0.25) is 0 Å². The third kappa shape index (κ3) is 4.52. The van der Waals surface area contributed by atoms with Crippen LogP contribution in [-0.2, 0) is 22.5 Å².